The van der Waals surface area contributed by atoms with E-state index in [2.05, 4.69) is 0 Å². The highest BCUT2D eigenvalue weighted by Gasteiger charge is 2.19. The van der Waals surface area contributed by atoms with Gasteiger partial charge in [-0.2, -0.15) is 0 Å². The highest BCUT2D eigenvalue weighted by atomic mass is 35.5. The molecule has 0 aliphatic rings. The van der Waals surface area contributed by atoms with Crippen molar-refractivity contribution in [1.29, 1.82) is 0 Å². The number of hydrogen-bond acceptors (Lipinski definition) is 3. The molecule has 0 saturated carbocycles. The normalized spacial score (nSPS) is 12.8. The number of halogens is 3. The molecule has 1 unspecified atom stereocenters. The smallest absolute Gasteiger partial charge is 0.129 e. The maximum absolute atomic E-state index is 6.34. The molecule has 86 valence electrons. The molecule has 0 saturated heterocycles. The van der Waals surface area contributed by atoms with Gasteiger partial charge in [-0.25, -0.2) is 0 Å². The van der Waals surface area contributed by atoms with Crippen molar-refractivity contribution in [3.05, 3.63) is 36.6 Å². The summed E-state index contributed by atoms with van der Waals surface area (Å²) in [6.07, 6.45) is 0. The molecular formula is C10H7Cl3OS2. The summed E-state index contributed by atoms with van der Waals surface area (Å²) >= 11 is 21.1. The van der Waals surface area contributed by atoms with Crippen molar-refractivity contribution in [1.82, 2.24) is 0 Å². The van der Waals surface area contributed by atoms with E-state index in [1.807, 2.05) is 11.4 Å². The molecule has 0 bridgehead atoms. The lowest BCUT2D eigenvalue weighted by molar-refractivity contribution is 0.416. The zero-order valence-electron chi connectivity index (χ0n) is 8.17. The van der Waals surface area contributed by atoms with Gasteiger partial charge in [0, 0.05) is 15.8 Å². The van der Waals surface area contributed by atoms with Crippen LogP contribution in [0.2, 0.25) is 8.67 Å². The lowest BCUT2D eigenvalue weighted by Gasteiger charge is -2.04. The molecule has 0 aliphatic carbocycles. The van der Waals surface area contributed by atoms with Gasteiger partial charge in [-0.05, 0) is 12.1 Å². The van der Waals surface area contributed by atoms with Crippen LogP contribution in [0.25, 0.3) is 0 Å². The largest absolute Gasteiger partial charge is 0.496 e. The summed E-state index contributed by atoms with van der Waals surface area (Å²) in [4.78, 5) is 0.995. The van der Waals surface area contributed by atoms with Crippen molar-refractivity contribution in [3.8, 4) is 5.75 Å². The molecule has 1 nitrogen and oxygen atoms in total. The van der Waals surface area contributed by atoms with E-state index < -0.39 is 0 Å². The summed E-state index contributed by atoms with van der Waals surface area (Å²) in [5.74, 6) is 0.808. The number of hydrogen-bond donors (Lipinski definition) is 0. The van der Waals surface area contributed by atoms with Gasteiger partial charge in [0.1, 0.15) is 5.75 Å². The van der Waals surface area contributed by atoms with Crippen LogP contribution >= 0.6 is 57.5 Å². The first-order valence-corrected chi connectivity index (χ1v) is 7.22. The Labute approximate surface area is 117 Å². The molecule has 2 rings (SSSR count). The first kappa shape index (κ1) is 12.5. The van der Waals surface area contributed by atoms with Gasteiger partial charge in [0.25, 0.3) is 0 Å². The third-order valence-corrected chi connectivity index (χ3v) is 5.13. The Morgan fingerprint density at radius 1 is 1.31 bits per heavy atom. The summed E-state index contributed by atoms with van der Waals surface area (Å²) in [5, 5.41) is 1.64. The second-order valence-corrected chi connectivity index (χ2v) is 6.70. The van der Waals surface area contributed by atoms with Gasteiger partial charge in [0.2, 0.25) is 0 Å². The minimum atomic E-state index is -0.273. The third kappa shape index (κ3) is 2.49. The maximum Gasteiger partial charge on any atom is 0.129 e. The van der Waals surface area contributed by atoms with Crippen LogP contribution in [0.3, 0.4) is 0 Å². The molecule has 6 heteroatoms. The molecule has 0 spiro atoms. The average molecular weight is 314 g/mol. The minimum absolute atomic E-state index is 0.273. The van der Waals surface area contributed by atoms with Gasteiger partial charge in [-0.15, -0.1) is 34.3 Å². The Hall–Kier alpha value is 0.0700. The molecule has 0 radical (unpaired) electrons. The van der Waals surface area contributed by atoms with E-state index in [1.165, 1.54) is 11.3 Å². The van der Waals surface area contributed by atoms with Gasteiger partial charge in [0.05, 0.1) is 21.2 Å². The lowest BCUT2D eigenvalue weighted by atomic mass is 10.2. The average Bonchev–Trinajstić information content (AvgIpc) is 2.84. The van der Waals surface area contributed by atoms with E-state index in [9.17, 15) is 0 Å². The summed E-state index contributed by atoms with van der Waals surface area (Å²) in [7, 11) is 1.63. The van der Waals surface area contributed by atoms with Gasteiger partial charge >= 0.3 is 0 Å². The van der Waals surface area contributed by atoms with Crippen LogP contribution in [0.5, 0.6) is 5.75 Å². The van der Waals surface area contributed by atoms with Crippen molar-refractivity contribution < 1.29 is 4.74 Å². The standard InChI is InChI=1S/C10H7Cl3OS2/c1-14-5-2-7(15-4-5)9(12)6-3-8(11)16-10(6)13/h2-4,9H,1H3. The number of rotatable bonds is 3. The van der Waals surface area contributed by atoms with Crippen molar-refractivity contribution in [2.75, 3.05) is 7.11 Å². The Morgan fingerprint density at radius 2 is 2.06 bits per heavy atom. The third-order valence-electron chi connectivity index (χ3n) is 2.04. The number of alkyl halides is 1. The first-order valence-electron chi connectivity index (χ1n) is 4.33. The molecule has 0 aromatic carbocycles. The molecule has 0 aliphatic heterocycles. The van der Waals surface area contributed by atoms with Gasteiger partial charge in [-0.1, -0.05) is 23.2 Å². The summed E-state index contributed by atoms with van der Waals surface area (Å²) in [6.45, 7) is 0. The fourth-order valence-corrected chi connectivity index (χ4v) is 4.14. The van der Waals surface area contributed by atoms with E-state index in [1.54, 1.807) is 24.5 Å². The molecule has 2 heterocycles. The van der Waals surface area contributed by atoms with E-state index in [0.717, 1.165) is 16.2 Å². The van der Waals surface area contributed by atoms with Crippen LogP contribution in [0, 0.1) is 0 Å². The SMILES string of the molecule is COc1csc(C(Cl)c2cc(Cl)sc2Cl)c1. The van der Waals surface area contributed by atoms with Gasteiger partial charge < -0.3 is 4.74 Å². The fraction of sp³-hybridized carbons (Fsp3) is 0.200. The maximum atomic E-state index is 6.34. The molecule has 16 heavy (non-hydrogen) atoms. The molecule has 0 N–H and O–H groups in total. The zero-order chi connectivity index (χ0) is 11.7. The second kappa shape index (κ2) is 5.15. The summed E-state index contributed by atoms with van der Waals surface area (Å²) in [5.41, 5.74) is 0.850. The van der Waals surface area contributed by atoms with E-state index in [0.29, 0.717) is 8.67 Å². The fourth-order valence-electron chi connectivity index (χ4n) is 1.25. The molecular weight excluding hydrogens is 307 g/mol. The number of ether oxygens (including phenoxy) is 1. The summed E-state index contributed by atoms with van der Waals surface area (Å²) < 4.78 is 6.40. The Kier molecular flexibility index (Phi) is 4.03. The highest BCUT2D eigenvalue weighted by molar-refractivity contribution is 7.20. The van der Waals surface area contributed by atoms with Crippen LogP contribution < -0.4 is 4.74 Å². The van der Waals surface area contributed by atoms with E-state index in [4.69, 9.17) is 39.5 Å². The lowest BCUT2D eigenvalue weighted by Crippen LogP contribution is -1.87. The Morgan fingerprint density at radius 3 is 2.56 bits per heavy atom. The predicted octanol–water partition coefficient (Wildman–Crippen LogP) is 5.45. The van der Waals surface area contributed by atoms with Gasteiger partial charge in [0.15, 0.2) is 0 Å². The van der Waals surface area contributed by atoms with E-state index >= 15 is 0 Å². The van der Waals surface area contributed by atoms with Crippen LogP contribution in [0.1, 0.15) is 15.8 Å². The van der Waals surface area contributed by atoms with Crippen molar-refractivity contribution in [2.45, 2.75) is 5.38 Å². The molecule has 0 amide bonds. The van der Waals surface area contributed by atoms with Crippen LogP contribution in [-0.2, 0) is 0 Å². The number of thiophene rings is 2. The topological polar surface area (TPSA) is 9.23 Å². The molecule has 2 aromatic heterocycles. The molecule has 1 atom stereocenters. The Balaban J connectivity index is 2.31. The number of methoxy groups -OCH3 is 1. The van der Waals surface area contributed by atoms with Crippen molar-refractivity contribution in [3.63, 3.8) is 0 Å². The van der Waals surface area contributed by atoms with Crippen LogP contribution in [-0.4, -0.2) is 7.11 Å². The zero-order valence-corrected chi connectivity index (χ0v) is 12.1. The molecule has 2 aromatic rings. The monoisotopic (exact) mass is 312 g/mol. The van der Waals surface area contributed by atoms with Crippen molar-refractivity contribution >= 4 is 57.5 Å². The summed E-state index contributed by atoms with van der Waals surface area (Å²) in [6, 6.07) is 3.71. The minimum Gasteiger partial charge on any atom is -0.496 e. The Bertz CT molecular complexity index is 492. The quantitative estimate of drug-likeness (QED) is 0.684. The second-order valence-electron chi connectivity index (χ2n) is 3.03. The van der Waals surface area contributed by atoms with Crippen LogP contribution in [0.15, 0.2) is 17.5 Å². The predicted molar refractivity (Wildman–Crippen MR) is 72.9 cm³/mol. The van der Waals surface area contributed by atoms with E-state index in [-0.39, 0.29) is 5.38 Å². The van der Waals surface area contributed by atoms with Crippen LogP contribution in [0.4, 0.5) is 0 Å². The van der Waals surface area contributed by atoms with Gasteiger partial charge in [-0.3, -0.25) is 0 Å². The highest BCUT2D eigenvalue weighted by Crippen LogP contribution is 2.42. The van der Waals surface area contributed by atoms with Crippen molar-refractivity contribution in [2.24, 2.45) is 0 Å². The molecule has 0 fully saturated rings. The first-order chi connectivity index (χ1) is 7.61.